The van der Waals surface area contributed by atoms with Gasteiger partial charge in [0.05, 0.1) is 0 Å². The second kappa shape index (κ2) is 7.12. The van der Waals surface area contributed by atoms with Gasteiger partial charge in [-0.1, -0.05) is 26.0 Å². The lowest BCUT2D eigenvalue weighted by Gasteiger charge is -2.20. The quantitative estimate of drug-likeness (QED) is 0.729. The number of carbonyl (C=O) groups excluding carboxylic acids is 1. The van der Waals surface area contributed by atoms with Crippen molar-refractivity contribution in [2.75, 3.05) is 5.32 Å². The molecular weight excluding hydrogens is 302 g/mol. The summed E-state index contributed by atoms with van der Waals surface area (Å²) in [6.07, 6.45) is 6.10. The first-order chi connectivity index (χ1) is 11.6. The van der Waals surface area contributed by atoms with Gasteiger partial charge in [0.1, 0.15) is 12.4 Å². The Balaban J connectivity index is 1.79. The molecule has 2 heterocycles. The highest BCUT2D eigenvalue weighted by molar-refractivity contribution is 5.94. The number of aromatic amines is 1. The third-order valence-corrected chi connectivity index (χ3v) is 3.80. The largest absolute Gasteiger partial charge is 0.342 e. The summed E-state index contributed by atoms with van der Waals surface area (Å²) < 4.78 is 1.95. The third-order valence-electron chi connectivity index (χ3n) is 3.80. The Morgan fingerprint density at radius 3 is 2.71 bits per heavy atom. The van der Waals surface area contributed by atoms with E-state index in [1.807, 2.05) is 53.4 Å². The highest BCUT2D eigenvalue weighted by Gasteiger charge is 2.21. The molecule has 0 unspecified atom stereocenters. The second-order valence-corrected chi connectivity index (χ2v) is 6.18. The van der Waals surface area contributed by atoms with E-state index in [4.69, 9.17) is 0 Å². The number of nitrogens with one attached hydrogen (secondary N) is 2. The van der Waals surface area contributed by atoms with Gasteiger partial charge in [-0.2, -0.15) is 5.10 Å². The normalized spacial score (nSPS) is 12.3. The zero-order valence-electron chi connectivity index (χ0n) is 13.8. The molecule has 0 aliphatic heterocycles. The number of anilines is 1. The molecule has 3 rings (SSSR count). The Kier molecular flexibility index (Phi) is 4.74. The van der Waals surface area contributed by atoms with Crippen LogP contribution in [-0.2, 0) is 4.79 Å². The third kappa shape index (κ3) is 3.71. The van der Waals surface area contributed by atoms with Crippen molar-refractivity contribution < 1.29 is 4.79 Å². The molecule has 24 heavy (non-hydrogen) atoms. The van der Waals surface area contributed by atoms with Gasteiger partial charge in [-0.05, 0) is 36.6 Å². The van der Waals surface area contributed by atoms with Crippen molar-refractivity contribution >= 4 is 11.6 Å². The minimum Gasteiger partial charge on any atom is -0.342 e. The van der Waals surface area contributed by atoms with Gasteiger partial charge in [0.2, 0.25) is 5.91 Å². The molecular formula is C18H21N5O. The minimum atomic E-state index is -0.228. The molecule has 1 atom stereocenters. The number of hydrogen-bond acceptors (Lipinski definition) is 3. The summed E-state index contributed by atoms with van der Waals surface area (Å²) in [6, 6.07) is 11.2. The zero-order chi connectivity index (χ0) is 16.9. The molecule has 3 aromatic rings. The minimum absolute atomic E-state index is 0.0189. The number of carbonyl (C=O) groups is 1. The molecule has 1 amide bonds. The fourth-order valence-corrected chi connectivity index (χ4v) is 2.68. The highest BCUT2D eigenvalue weighted by Crippen LogP contribution is 2.22. The van der Waals surface area contributed by atoms with E-state index >= 15 is 0 Å². The number of hydrogen-bond donors (Lipinski definition) is 2. The van der Waals surface area contributed by atoms with Gasteiger partial charge in [-0.25, -0.2) is 4.98 Å². The summed E-state index contributed by atoms with van der Waals surface area (Å²) in [4.78, 5) is 16.9. The number of H-pyrrole nitrogens is 1. The van der Waals surface area contributed by atoms with Crippen LogP contribution in [0.1, 0.15) is 26.3 Å². The van der Waals surface area contributed by atoms with E-state index in [-0.39, 0.29) is 11.9 Å². The van der Waals surface area contributed by atoms with Gasteiger partial charge >= 0.3 is 0 Å². The number of aromatic nitrogens is 4. The van der Waals surface area contributed by atoms with Crippen LogP contribution in [0.4, 0.5) is 5.69 Å². The van der Waals surface area contributed by atoms with Crippen molar-refractivity contribution in [2.45, 2.75) is 26.3 Å². The van der Waals surface area contributed by atoms with Gasteiger partial charge < -0.3 is 9.88 Å². The summed E-state index contributed by atoms with van der Waals surface area (Å²) in [5, 5.41) is 9.70. The van der Waals surface area contributed by atoms with Crippen LogP contribution >= 0.6 is 0 Å². The first-order valence-corrected chi connectivity index (χ1v) is 8.02. The van der Waals surface area contributed by atoms with Crippen LogP contribution in [0, 0.1) is 5.92 Å². The van der Waals surface area contributed by atoms with Crippen molar-refractivity contribution in [2.24, 2.45) is 5.92 Å². The van der Waals surface area contributed by atoms with E-state index in [0.717, 1.165) is 17.7 Å². The molecule has 6 heteroatoms. The Hall–Kier alpha value is -2.89. The van der Waals surface area contributed by atoms with Crippen LogP contribution in [0.15, 0.2) is 55.1 Å². The first kappa shape index (κ1) is 16.0. The fraction of sp³-hybridized carbons (Fsp3) is 0.278. The van der Waals surface area contributed by atoms with Crippen molar-refractivity contribution in [3.63, 3.8) is 0 Å². The smallest absolute Gasteiger partial charge is 0.247 e. The van der Waals surface area contributed by atoms with Crippen molar-refractivity contribution in [3.8, 4) is 11.4 Å². The van der Waals surface area contributed by atoms with E-state index in [1.54, 1.807) is 0 Å². The Bertz CT molecular complexity index is 778. The van der Waals surface area contributed by atoms with E-state index < -0.39 is 0 Å². The Morgan fingerprint density at radius 1 is 1.25 bits per heavy atom. The molecule has 0 bridgehead atoms. The lowest BCUT2D eigenvalue weighted by atomic mass is 10.0. The first-order valence-electron chi connectivity index (χ1n) is 8.02. The van der Waals surface area contributed by atoms with E-state index in [1.165, 1.54) is 6.33 Å². The standard InChI is InChI=1S/C18H21N5O/c1-13(2)10-16(23-8-3-4-9-23)18(24)21-15-7-5-6-14(11-15)17-19-12-20-22-17/h3-9,11-13,16H,10H2,1-2H3,(H,21,24)(H,19,20,22)/t16-/m1/s1. The molecule has 0 aliphatic carbocycles. The van der Waals surface area contributed by atoms with Crippen LogP contribution in [0.3, 0.4) is 0 Å². The van der Waals surface area contributed by atoms with Gasteiger partial charge in [-0.15, -0.1) is 0 Å². The van der Waals surface area contributed by atoms with Gasteiger partial charge in [0, 0.05) is 23.6 Å². The fourth-order valence-electron chi connectivity index (χ4n) is 2.68. The molecule has 1 aromatic carbocycles. The summed E-state index contributed by atoms with van der Waals surface area (Å²) in [5.41, 5.74) is 1.63. The molecule has 0 radical (unpaired) electrons. The monoisotopic (exact) mass is 323 g/mol. The van der Waals surface area contributed by atoms with Crippen LogP contribution in [0.25, 0.3) is 11.4 Å². The van der Waals surface area contributed by atoms with Crippen molar-refractivity contribution in [1.29, 1.82) is 0 Å². The lowest BCUT2D eigenvalue weighted by molar-refractivity contribution is -0.119. The number of benzene rings is 1. The van der Waals surface area contributed by atoms with Gasteiger partial charge in [0.25, 0.3) is 0 Å². The van der Waals surface area contributed by atoms with Crippen molar-refractivity contribution in [1.82, 2.24) is 19.7 Å². The number of nitrogens with zero attached hydrogens (tertiary/aromatic N) is 3. The van der Waals surface area contributed by atoms with Crippen LogP contribution in [0.2, 0.25) is 0 Å². The maximum absolute atomic E-state index is 12.8. The lowest BCUT2D eigenvalue weighted by Crippen LogP contribution is -2.26. The summed E-state index contributed by atoms with van der Waals surface area (Å²) in [5.74, 6) is 1.08. The van der Waals surface area contributed by atoms with Crippen molar-refractivity contribution in [3.05, 3.63) is 55.1 Å². The van der Waals surface area contributed by atoms with Gasteiger partial charge in [-0.3, -0.25) is 9.89 Å². The summed E-state index contributed by atoms with van der Waals surface area (Å²) >= 11 is 0. The molecule has 6 nitrogen and oxygen atoms in total. The molecule has 124 valence electrons. The molecule has 2 N–H and O–H groups in total. The highest BCUT2D eigenvalue weighted by atomic mass is 16.2. The summed E-state index contributed by atoms with van der Waals surface area (Å²) in [6.45, 7) is 4.24. The van der Waals surface area contributed by atoms with Crippen LogP contribution < -0.4 is 5.32 Å². The molecule has 0 saturated heterocycles. The molecule has 2 aromatic heterocycles. The predicted octanol–water partition coefficient (Wildman–Crippen LogP) is 3.50. The molecule has 0 aliphatic rings. The topological polar surface area (TPSA) is 75.6 Å². The second-order valence-electron chi connectivity index (χ2n) is 6.18. The average Bonchev–Trinajstić information content (AvgIpc) is 3.26. The molecule has 0 fully saturated rings. The summed E-state index contributed by atoms with van der Waals surface area (Å²) in [7, 11) is 0. The molecule has 0 spiro atoms. The van der Waals surface area contributed by atoms with Crippen LogP contribution in [0.5, 0.6) is 0 Å². The van der Waals surface area contributed by atoms with Gasteiger partial charge in [0.15, 0.2) is 5.82 Å². The van der Waals surface area contributed by atoms with E-state index in [2.05, 4.69) is 34.3 Å². The predicted molar refractivity (Wildman–Crippen MR) is 93.4 cm³/mol. The van der Waals surface area contributed by atoms with E-state index in [9.17, 15) is 4.79 Å². The average molecular weight is 323 g/mol. The Labute approximate surface area is 140 Å². The van der Waals surface area contributed by atoms with Crippen LogP contribution in [-0.4, -0.2) is 25.7 Å². The maximum atomic E-state index is 12.8. The maximum Gasteiger partial charge on any atom is 0.247 e. The van der Waals surface area contributed by atoms with E-state index in [0.29, 0.717) is 11.7 Å². The Morgan fingerprint density at radius 2 is 2.04 bits per heavy atom. The number of rotatable bonds is 6. The number of amides is 1. The SMILES string of the molecule is CC(C)C[C@H](C(=O)Nc1cccc(-c2ncn[nH]2)c1)n1cccc1. The molecule has 0 saturated carbocycles. The zero-order valence-corrected chi connectivity index (χ0v) is 13.8.